The van der Waals surface area contributed by atoms with Gasteiger partial charge in [-0.3, -0.25) is 14.3 Å². The zero-order valence-corrected chi connectivity index (χ0v) is 10.4. The van der Waals surface area contributed by atoms with Gasteiger partial charge in [-0.15, -0.1) is 0 Å². The molecule has 1 heterocycles. The summed E-state index contributed by atoms with van der Waals surface area (Å²) in [5.41, 5.74) is 4.68. The van der Waals surface area contributed by atoms with Crippen molar-refractivity contribution in [3.8, 4) is 0 Å². The van der Waals surface area contributed by atoms with Gasteiger partial charge in [0.1, 0.15) is 5.82 Å². The van der Waals surface area contributed by atoms with Gasteiger partial charge in [0.05, 0.1) is 19.3 Å². The van der Waals surface area contributed by atoms with Crippen molar-refractivity contribution in [2.75, 3.05) is 12.3 Å². The van der Waals surface area contributed by atoms with Crippen LogP contribution in [0.3, 0.4) is 0 Å². The van der Waals surface area contributed by atoms with E-state index in [4.69, 9.17) is 10.5 Å². The Hall–Kier alpha value is -1.56. The number of nitrogens with two attached hydrogens (primary N) is 1. The molecule has 1 aliphatic rings. The second kappa shape index (κ2) is 5.86. The maximum absolute atomic E-state index is 11.5. The Labute approximate surface area is 105 Å². The molecule has 0 amide bonds. The molecule has 0 bridgehead atoms. The highest BCUT2D eigenvalue weighted by Crippen LogP contribution is 2.20. The van der Waals surface area contributed by atoms with Crippen molar-refractivity contribution < 1.29 is 4.74 Å². The van der Waals surface area contributed by atoms with E-state index in [2.05, 4.69) is 4.98 Å². The number of nitrogens with one attached hydrogen (secondary N) is 1. The maximum Gasteiger partial charge on any atom is 0.329 e. The molecular weight excluding hydrogens is 234 g/mol. The number of nitrogen functional groups attached to an aromatic ring is 1. The number of H-pyrrole nitrogens is 1. The molecule has 1 aromatic rings. The number of nitrogens with zero attached hydrogens (tertiary/aromatic N) is 1. The number of aromatic amines is 1. The van der Waals surface area contributed by atoms with Crippen molar-refractivity contribution in [2.45, 2.75) is 44.8 Å². The predicted molar refractivity (Wildman–Crippen MR) is 68.6 cm³/mol. The highest BCUT2D eigenvalue weighted by molar-refractivity contribution is 5.25. The fourth-order valence-corrected chi connectivity index (χ4v) is 2.31. The minimum Gasteiger partial charge on any atom is -0.385 e. The molecule has 0 saturated heterocycles. The Morgan fingerprint density at radius 3 is 2.72 bits per heavy atom. The molecule has 18 heavy (non-hydrogen) atoms. The Bertz CT molecular complexity index is 500. The lowest BCUT2D eigenvalue weighted by Crippen LogP contribution is -2.33. The van der Waals surface area contributed by atoms with Gasteiger partial charge in [0, 0.05) is 6.07 Å². The van der Waals surface area contributed by atoms with Crippen LogP contribution in [0.4, 0.5) is 5.82 Å². The van der Waals surface area contributed by atoms with Crippen LogP contribution in [0.25, 0.3) is 0 Å². The lowest BCUT2D eigenvalue weighted by atomic mass is 9.98. The Morgan fingerprint density at radius 2 is 2.06 bits per heavy atom. The minimum absolute atomic E-state index is 0.177. The van der Waals surface area contributed by atoms with Crippen molar-refractivity contribution in [1.29, 1.82) is 0 Å². The van der Waals surface area contributed by atoms with E-state index in [1.54, 1.807) is 0 Å². The fourth-order valence-electron chi connectivity index (χ4n) is 2.31. The van der Waals surface area contributed by atoms with Crippen LogP contribution < -0.4 is 17.0 Å². The molecule has 1 aromatic heterocycles. The van der Waals surface area contributed by atoms with E-state index in [9.17, 15) is 9.59 Å². The number of anilines is 1. The number of ether oxygens (including phenoxy) is 1. The van der Waals surface area contributed by atoms with E-state index < -0.39 is 11.2 Å². The van der Waals surface area contributed by atoms with Gasteiger partial charge in [0.15, 0.2) is 0 Å². The van der Waals surface area contributed by atoms with E-state index >= 15 is 0 Å². The molecule has 6 nitrogen and oxygen atoms in total. The Morgan fingerprint density at radius 1 is 1.33 bits per heavy atom. The van der Waals surface area contributed by atoms with E-state index in [1.165, 1.54) is 29.9 Å². The van der Waals surface area contributed by atoms with E-state index in [0.29, 0.717) is 19.3 Å². The molecule has 1 saturated carbocycles. The average molecular weight is 253 g/mol. The van der Waals surface area contributed by atoms with Crippen molar-refractivity contribution in [3.05, 3.63) is 26.9 Å². The van der Waals surface area contributed by atoms with Gasteiger partial charge in [-0.2, -0.15) is 0 Å². The molecule has 6 heteroatoms. The van der Waals surface area contributed by atoms with E-state index in [1.807, 2.05) is 0 Å². The first-order valence-corrected chi connectivity index (χ1v) is 6.38. The number of hydrogen-bond donors (Lipinski definition) is 2. The van der Waals surface area contributed by atoms with Crippen LogP contribution in [0.1, 0.15) is 32.1 Å². The second-order valence-electron chi connectivity index (χ2n) is 4.65. The summed E-state index contributed by atoms with van der Waals surface area (Å²) in [4.78, 5) is 24.7. The van der Waals surface area contributed by atoms with Crippen LogP contribution in [0.15, 0.2) is 15.7 Å². The third-order valence-electron chi connectivity index (χ3n) is 3.29. The molecular formula is C12H19N3O3. The maximum atomic E-state index is 11.5. The van der Waals surface area contributed by atoms with Crippen LogP contribution in [-0.2, 0) is 11.3 Å². The quantitative estimate of drug-likeness (QED) is 0.816. The van der Waals surface area contributed by atoms with Gasteiger partial charge < -0.3 is 10.5 Å². The van der Waals surface area contributed by atoms with E-state index in [-0.39, 0.29) is 5.82 Å². The highest BCUT2D eigenvalue weighted by atomic mass is 16.5. The molecule has 0 radical (unpaired) electrons. The summed E-state index contributed by atoms with van der Waals surface area (Å²) in [6, 6.07) is 1.21. The van der Waals surface area contributed by atoms with Crippen LogP contribution >= 0.6 is 0 Å². The number of aromatic nitrogens is 2. The monoisotopic (exact) mass is 253 g/mol. The third kappa shape index (κ3) is 3.22. The number of rotatable bonds is 4. The standard InChI is InChI=1S/C12H19N3O3/c13-10-8-11(16)14-12(17)15(10)6-7-18-9-4-2-1-3-5-9/h8-9H,1-7,13H2,(H,14,16,17). The summed E-state index contributed by atoms with van der Waals surface area (Å²) in [5, 5.41) is 0. The molecule has 0 spiro atoms. The summed E-state index contributed by atoms with van der Waals surface area (Å²) >= 11 is 0. The van der Waals surface area contributed by atoms with Crippen LogP contribution in [0, 0.1) is 0 Å². The van der Waals surface area contributed by atoms with Gasteiger partial charge in [-0.25, -0.2) is 4.79 Å². The first-order chi connectivity index (χ1) is 8.66. The minimum atomic E-state index is -0.479. The Balaban J connectivity index is 1.90. The summed E-state index contributed by atoms with van der Waals surface area (Å²) < 4.78 is 7.04. The van der Waals surface area contributed by atoms with Gasteiger partial charge in [-0.05, 0) is 12.8 Å². The highest BCUT2D eigenvalue weighted by Gasteiger charge is 2.13. The third-order valence-corrected chi connectivity index (χ3v) is 3.29. The molecule has 0 aromatic carbocycles. The van der Waals surface area contributed by atoms with Crippen LogP contribution in [0.2, 0.25) is 0 Å². The van der Waals surface area contributed by atoms with Crippen LogP contribution in [0.5, 0.6) is 0 Å². The summed E-state index contributed by atoms with van der Waals surface area (Å²) in [5.74, 6) is 0.177. The molecule has 100 valence electrons. The normalized spacial score (nSPS) is 16.9. The topological polar surface area (TPSA) is 90.1 Å². The van der Waals surface area contributed by atoms with Gasteiger partial charge in [0.25, 0.3) is 5.56 Å². The second-order valence-corrected chi connectivity index (χ2v) is 4.65. The first kappa shape index (κ1) is 12.9. The molecule has 0 unspecified atom stereocenters. The van der Waals surface area contributed by atoms with Crippen molar-refractivity contribution in [3.63, 3.8) is 0 Å². The average Bonchev–Trinajstić information content (AvgIpc) is 2.34. The zero-order valence-electron chi connectivity index (χ0n) is 10.4. The number of hydrogen-bond acceptors (Lipinski definition) is 4. The first-order valence-electron chi connectivity index (χ1n) is 6.38. The summed E-state index contributed by atoms with van der Waals surface area (Å²) in [6.45, 7) is 0.818. The predicted octanol–water partition coefficient (Wildman–Crippen LogP) is 0.468. The van der Waals surface area contributed by atoms with Gasteiger partial charge in [0.2, 0.25) is 0 Å². The molecule has 0 atom stereocenters. The van der Waals surface area contributed by atoms with Gasteiger partial charge >= 0.3 is 5.69 Å². The Kier molecular flexibility index (Phi) is 4.19. The summed E-state index contributed by atoms with van der Waals surface area (Å²) in [6.07, 6.45) is 6.20. The molecule has 0 aliphatic heterocycles. The smallest absolute Gasteiger partial charge is 0.329 e. The fraction of sp³-hybridized carbons (Fsp3) is 0.667. The summed E-state index contributed by atoms with van der Waals surface area (Å²) in [7, 11) is 0. The molecule has 1 fully saturated rings. The van der Waals surface area contributed by atoms with Crippen molar-refractivity contribution in [2.24, 2.45) is 0 Å². The largest absolute Gasteiger partial charge is 0.385 e. The van der Waals surface area contributed by atoms with E-state index in [0.717, 1.165) is 12.8 Å². The lowest BCUT2D eigenvalue weighted by molar-refractivity contribution is 0.0238. The SMILES string of the molecule is Nc1cc(=O)[nH]c(=O)n1CCOC1CCCCC1. The van der Waals surface area contributed by atoms with Gasteiger partial charge in [-0.1, -0.05) is 19.3 Å². The molecule has 2 rings (SSSR count). The lowest BCUT2D eigenvalue weighted by Gasteiger charge is -2.22. The molecule has 1 aliphatic carbocycles. The van der Waals surface area contributed by atoms with Crippen LogP contribution in [-0.4, -0.2) is 22.3 Å². The van der Waals surface area contributed by atoms with Crippen molar-refractivity contribution in [1.82, 2.24) is 9.55 Å². The molecule has 3 N–H and O–H groups in total. The zero-order chi connectivity index (χ0) is 13.0. The van der Waals surface area contributed by atoms with Crippen molar-refractivity contribution >= 4 is 5.82 Å².